The van der Waals surface area contributed by atoms with E-state index in [4.69, 9.17) is 23.2 Å². The Morgan fingerprint density at radius 1 is 1.15 bits per heavy atom. The van der Waals surface area contributed by atoms with Gasteiger partial charge in [0.05, 0.1) is 17.2 Å². The van der Waals surface area contributed by atoms with Crippen LogP contribution in [-0.2, 0) is 6.54 Å². The van der Waals surface area contributed by atoms with Gasteiger partial charge < -0.3 is 5.32 Å². The van der Waals surface area contributed by atoms with Gasteiger partial charge in [-0.1, -0.05) is 23.2 Å². The molecule has 0 aliphatic heterocycles. The summed E-state index contributed by atoms with van der Waals surface area (Å²) in [5.41, 5.74) is 0.162. The summed E-state index contributed by atoms with van der Waals surface area (Å²) < 4.78 is 1.42. The number of hydrogen-bond acceptors (Lipinski definition) is 6. The third kappa shape index (κ3) is 3.79. The van der Waals surface area contributed by atoms with Crippen molar-refractivity contribution in [3.8, 4) is 5.69 Å². The zero-order chi connectivity index (χ0) is 18.7. The van der Waals surface area contributed by atoms with E-state index in [2.05, 4.69) is 20.8 Å². The Morgan fingerprint density at radius 3 is 2.54 bits per heavy atom. The molecule has 1 amide bonds. The number of nitrogens with zero attached hydrogens (tertiary/aromatic N) is 5. The average molecular weight is 393 g/mol. The smallest absolute Gasteiger partial charge is 0.282 e. The number of rotatable bonds is 5. The molecule has 0 spiro atoms. The molecule has 0 saturated carbocycles. The van der Waals surface area contributed by atoms with Crippen LogP contribution in [0.4, 0.5) is 5.69 Å². The van der Waals surface area contributed by atoms with Crippen molar-refractivity contribution < 1.29 is 9.72 Å². The van der Waals surface area contributed by atoms with Gasteiger partial charge in [0, 0.05) is 16.1 Å². The fourth-order valence-corrected chi connectivity index (χ4v) is 2.50. The molecule has 0 bridgehead atoms. The lowest BCUT2D eigenvalue weighted by atomic mass is 10.1. The van der Waals surface area contributed by atoms with Crippen LogP contribution in [-0.4, -0.2) is 31.0 Å². The number of aromatic nitrogens is 4. The average Bonchev–Trinajstić information content (AvgIpc) is 3.08. The molecule has 9 nitrogen and oxygen atoms in total. The van der Waals surface area contributed by atoms with Gasteiger partial charge in [-0.25, -0.2) is 0 Å². The first-order chi connectivity index (χ1) is 12.5. The quantitative estimate of drug-likeness (QED) is 0.526. The van der Waals surface area contributed by atoms with Crippen LogP contribution in [0.1, 0.15) is 16.2 Å². The second-order valence-electron chi connectivity index (χ2n) is 5.08. The lowest BCUT2D eigenvalue weighted by Crippen LogP contribution is -2.25. The maximum Gasteiger partial charge on any atom is 0.282 e. The number of benzene rings is 2. The first kappa shape index (κ1) is 17.8. The Labute approximate surface area is 156 Å². The fraction of sp³-hybridized carbons (Fsp3) is 0.0667. The van der Waals surface area contributed by atoms with Crippen molar-refractivity contribution in [3.63, 3.8) is 0 Å². The zero-order valence-electron chi connectivity index (χ0n) is 13.0. The summed E-state index contributed by atoms with van der Waals surface area (Å²) in [5.74, 6) is -0.324. The molecule has 3 rings (SSSR count). The van der Waals surface area contributed by atoms with E-state index >= 15 is 0 Å². The van der Waals surface area contributed by atoms with Gasteiger partial charge in [-0.05, 0) is 46.8 Å². The normalized spacial score (nSPS) is 10.5. The highest BCUT2D eigenvalue weighted by Gasteiger charge is 2.21. The van der Waals surface area contributed by atoms with Crippen LogP contribution < -0.4 is 5.32 Å². The molecule has 2 aromatic carbocycles. The number of carbonyl (C=O) groups excluding carboxylic acids is 1. The molecule has 0 atom stereocenters. The molecule has 0 unspecified atom stereocenters. The van der Waals surface area contributed by atoms with Crippen molar-refractivity contribution in [2.75, 3.05) is 0 Å². The number of nitro groups is 1. The molecule has 132 valence electrons. The number of tetrazole rings is 1. The number of amides is 1. The number of nitrogens with one attached hydrogen (secondary N) is 1. The summed E-state index contributed by atoms with van der Waals surface area (Å²) in [4.78, 5) is 22.8. The maximum absolute atomic E-state index is 12.3. The summed E-state index contributed by atoms with van der Waals surface area (Å²) in [5, 5.41) is 25.7. The molecule has 3 aromatic rings. The van der Waals surface area contributed by atoms with Crippen molar-refractivity contribution in [3.05, 3.63) is 74.0 Å². The van der Waals surface area contributed by atoms with Crippen molar-refractivity contribution in [1.29, 1.82) is 0 Å². The van der Waals surface area contributed by atoms with Gasteiger partial charge in [0.25, 0.3) is 11.6 Å². The van der Waals surface area contributed by atoms with Crippen LogP contribution in [0, 0.1) is 10.1 Å². The van der Waals surface area contributed by atoms with Gasteiger partial charge in [0.2, 0.25) is 0 Å². The third-order valence-electron chi connectivity index (χ3n) is 3.41. The third-order valence-corrected chi connectivity index (χ3v) is 3.90. The Bertz CT molecular complexity index is 974. The Kier molecular flexibility index (Phi) is 5.10. The molecule has 0 fully saturated rings. The van der Waals surface area contributed by atoms with Gasteiger partial charge in [-0.2, -0.15) is 4.68 Å². The maximum atomic E-state index is 12.3. The second kappa shape index (κ2) is 7.46. The lowest BCUT2D eigenvalue weighted by molar-refractivity contribution is -0.385. The monoisotopic (exact) mass is 392 g/mol. The van der Waals surface area contributed by atoms with E-state index in [9.17, 15) is 14.9 Å². The molecular formula is C15H10Cl2N6O3. The standard InChI is InChI=1S/C15H10Cl2N6O3/c16-9-1-4-11(5-2-9)22-14(19-20-21-22)8-18-15(24)12-7-10(17)3-6-13(12)23(25)26/h1-7H,8H2,(H,18,24). The van der Waals surface area contributed by atoms with E-state index in [0.717, 1.165) is 0 Å². The van der Waals surface area contributed by atoms with Crippen LogP contribution in [0.3, 0.4) is 0 Å². The summed E-state index contributed by atoms with van der Waals surface area (Å²) in [6, 6.07) is 10.5. The predicted octanol–water partition coefficient (Wildman–Crippen LogP) is 2.81. The minimum atomic E-state index is -0.662. The molecule has 0 saturated heterocycles. The highest BCUT2D eigenvalue weighted by atomic mass is 35.5. The van der Waals surface area contributed by atoms with Crippen LogP contribution in [0.25, 0.3) is 5.69 Å². The SMILES string of the molecule is O=C(NCc1nnnn1-c1ccc(Cl)cc1)c1cc(Cl)ccc1[N+](=O)[O-]. The van der Waals surface area contributed by atoms with Crippen molar-refractivity contribution in [1.82, 2.24) is 25.5 Å². The van der Waals surface area contributed by atoms with E-state index in [1.165, 1.54) is 22.9 Å². The second-order valence-corrected chi connectivity index (χ2v) is 5.96. The minimum Gasteiger partial charge on any atom is -0.344 e. The summed E-state index contributed by atoms with van der Waals surface area (Å²) in [6.45, 7) is -0.0435. The highest BCUT2D eigenvalue weighted by Crippen LogP contribution is 2.22. The topological polar surface area (TPSA) is 116 Å². The van der Waals surface area contributed by atoms with Crippen LogP contribution in [0.2, 0.25) is 10.0 Å². The van der Waals surface area contributed by atoms with E-state index in [-0.39, 0.29) is 22.8 Å². The molecule has 26 heavy (non-hydrogen) atoms. The van der Waals surface area contributed by atoms with Gasteiger partial charge in [-0.15, -0.1) is 5.10 Å². The van der Waals surface area contributed by atoms with E-state index in [0.29, 0.717) is 16.5 Å². The number of carbonyl (C=O) groups is 1. The molecule has 0 radical (unpaired) electrons. The molecule has 0 aliphatic rings. The molecule has 1 heterocycles. The van der Waals surface area contributed by atoms with E-state index in [1.807, 2.05) is 0 Å². The van der Waals surface area contributed by atoms with Gasteiger partial charge >= 0.3 is 0 Å². The van der Waals surface area contributed by atoms with E-state index < -0.39 is 10.8 Å². The molecule has 1 N–H and O–H groups in total. The lowest BCUT2D eigenvalue weighted by Gasteiger charge is -2.07. The first-order valence-electron chi connectivity index (χ1n) is 7.21. The van der Waals surface area contributed by atoms with Crippen molar-refractivity contribution in [2.45, 2.75) is 6.54 Å². The first-order valence-corrected chi connectivity index (χ1v) is 7.96. The van der Waals surface area contributed by atoms with Gasteiger partial charge in [-0.3, -0.25) is 14.9 Å². The molecular weight excluding hydrogens is 383 g/mol. The van der Waals surface area contributed by atoms with Crippen LogP contribution in [0.15, 0.2) is 42.5 Å². The Morgan fingerprint density at radius 2 is 1.85 bits per heavy atom. The van der Waals surface area contributed by atoms with Crippen LogP contribution in [0.5, 0.6) is 0 Å². The number of nitro benzene ring substituents is 1. The molecule has 11 heteroatoms. The Hall–Kier alpha value is -3.04. The number of halogens is 2. The highest BCUT2D eigenvalue weighted by molar-refractivity contribution is 6.31. The van der Waals surface area contributed by atoms with E-state index in [1.54, 1.807) is 24.3 Å². The fourth-order valence-electron chi connectivity index (χ4n) is 2.20. The summed E-state index contributed by atoms with van der Waals surface area (Å²) >= 11 is 11.7. The number of hydrogen-bond donors (Lipinski definition) is 1. The molecule has 0 aliphatic carbocycles. The van der Waals surface area contributed by atoms with Gasteiger partial charge in [0.15, 0.2) is 5.82 Å². The summed E-state index contributed by atoms with van der Waals surface area (Å²) in [6.07, 6.45) is 0. The zero-order valence-corrected chi connectivity index (χ0v) is 14.5. The van der Waals surface area contributed by atoms with Crippen LogP contribution >= 0.6 is 23.2 Å². The van der Waals surface area contributed by atoms with Crippen molar-refractivity contribution in [2.24, 2.45) is 0 Å². The van der Waals surface area contributed by atoms with Gasteiger partial charge in [0.1, 0.15) is 5.56 Å². The largest absolute Gasteiger partial charge is 0.344 e. The Balaban J connectivity index is 1.80. The summed E-state index contributed by atoms with van der Waals surface area (Å²) in [7, 11) is 0. The predicted molar refractivity (Wildman–Crippen MR) is 93.4 cm³/mol. The minimum absolute atomic E-state index is 0.0435. The molecule has 1 aromatic heterocycles. The van der Waals surface area contributed by atoms with Crippen molar-refractivity contribution >= 4 is 34.8 Å².